The number of rotatable bonds is 3. The molecule has 4 N–H and O–H groups in total. The molecule has 0 saturated carbocycles. The van der Waals surface area contributed by atoms with Crippen molar-refractivity contribution in [1.29, 1.82) is 0 Å². The summed E-state index contributed by atoms with van der Waals surface area (Å²) in [5.41, 5.74) is 14.0. The van der Waals surface area contributed by atoms with Crippen molar-refractivity contribution >= 4 is 34.5 Å². The van der Waals surface area contributed by atoms with Crippen molar-refractivity contribution in [3.63, 3.8) is 0 Å². The minimum atomic E-state index is 0.0609. The van der Waals surface area contributed by atoms with E-state index in [0.29, 0.717) is 29.3 Å². The summed E-state index contributed by atoms with van der Waals surface area (Å²) in [6.07, 6.45) is 1.66. The third-order valence-corrected chi connectivity index (χ3v) is 3.54. The Morgan fingerprint density at radius 2 is 2.09 bits per heavy atom. The highest BCUT2D eigenvalue weighted by Crippen LogP contribution is 2.27. The smallest absolute Gasteiger partial charge is 0.223 e. The van der Waals surface area contributed by atoms with E-state index in [9.17, 15) is 0 Å². The lowest BCUT2D eigenvalue weighted by Crippen LogP contribution is -2.08. The van der Waals surface area contributed by atoms with Gasteiger partial charge in [-0.3, -0.25) is 0 Å². The summed E-state index contributed by atoms with van der Waals surface area (Å²) < 4.78 is 6.83. The number of anilines is 2. The van der Waals surface area contributed by atoms with Gasteiger partial charge in [-0.05, 0) is 12.5 Å². The lowest BCUT2D eigenvalue weighted by molar-refractivity contribution is 0.411. The van der Waals surface area contributed by atoms with Gasteiger partial charge >= 0.3 is 0 Å². The van der Waals surface area contributed by atoms with Gasteiger partial charge in [0.25, 0.3) is 0 Å². The highest BCUT2D eigenvalue weighted by atomic mass is 35.5. The van der Waals surface area contributed by atoms with Crippen LogP contribution in [0.25, 0.3) is 11.2 Å². The molecule has 0 aromatic carbocycles. The zero-order valence-electron chi connectivity index (χ0n) is 11.9. The molecule has 3 heterocycles. The van der Waals surface area contributed by atoms with Gasteiger partial charge in [0.2, 0.25) is 5.95 Å². The van der Waals surface area contributed by atoms with E-state index in [-0.39, 0.29) is 11.1 Å². The second-order valence-corrected chi connectivity index (χ2v) is 4.98. The van der Waals surface area contributed by atoms with Crippen LogP contribution >= 0.6 is 11.6 Å². The van der Waals surface area contributed by atoms with E-state index in [1.165, 1.54) is 0 Å². The van der Waals surface area contributed by atoms with Crippen molar-refractivity contribution in [2.75, 3.05) is 18.6 Å². The molecule has 9 nitrogen and oxygen atoms in total. The third kappa shape index (κ3) is 2.25. The van der Waals surface area contributed by atoms with Gasteiger partial charge in [-0.1, -0.05) is 16.8 Å². The summed E-state index contributed by atoms with van der Waals surface area (Å²) in [6, 6.07) is 0. The van der Waals surface area contributed by atoms with Crippen LogP contribution in [0, 0.1) is 6.92 Å². The molecule has 0 aliphatic carbocycles. The first-order valence-electron chi connectivity index (χ1n) is 6.31. The molecule has 0 bridgehead atoms. The Hall–Kier alpha value is -2.68. The molecule has 3 rings (SSSR count). The maximum Gasteiger partial charge on any atom is 0.223 e. The molecule has 0 aliphatic heterocycles. The predicted octanol–water partition coefficient (Wildman–Crippen LogP) is 0.799. The molecule has 0 saturated heterocycles. The molecule has 0 atom stereocenters. The molecule has 3 aromatic rings. The summed E-state index contributed by atoms with van der Waals surface area (Å²) in [5, 5.41) is 8.17. The van der Waals surface area contributed by atoms with Crippen LogP contribution < -0.4 is 16.2 Å². The SMILES string of the molecule is COc1c(N)ncc(Cn2nnc3c(Cl)nc(N)nc32)c1C. The quantitative estimate of drug-likeness (QED) is 0.677. The molecule has 0 spiro atoms. The standard InChI is InChI=1S/C12H13ClN8O/c1-5-6(3-16-10(14)8(5)22-2)4-21-11-7(19-20-21)9(13)17-12(15)18-11/h3H,4H2,1-2H3,(H2,14,16)(H2,15,17,18). The molecule has 10 heteroatoms. The lowest BCUT2D eigenvalue weighted by atomic mass is 10.1. The monoisotopic (exact) mass is 320 g/mol. The van der Waals surface area contributed by atoms with Crippen LogP contribution in [-0.2, 0) is 6.54 Å². The number of pyridine rings is 1. The van der Waals surface area contributed by atoms with Gasteiger partial charge in [0.15, 0.2) is 27.9 Å². The fraction of sp³-hybridized carbons (Fsp3) is 0.250. The average molecular weight is 321 g/mol. The zero-order valence-corrected chi connectivity index (χ0v) is 12.7. The number of fused-ring (bicyclic) bond motifs is 1. The van der Waals surface area contributed by atoms with E-state index < -0.39 is 0 Å². The number of hydrogen-bond acceptors (Lipinski definition) is 8. The van der Waals surface area contributed by atoms with Crippen LogP contribution in [0.3, 0.4) is 0 Å². The van der Waals surface area contributed by atoms with Crippen LogP contribution in [0.5, 0.6) is 5.75 Å². The first kappa shape index (κ1) is 14.3. The van der Waals surface area contributed by atoms with E-state index in [1.54, 1.807) is 18.0 Å². The van der Waals surface area contributed by atoms with Crippen molar-refractivity contribution in [2.24, 2.45) is 0 Å². The van der Waals surface area contributed by atoms with Gasteiger partial charge < -0.3 is 16.2 Å². The molecular formula is C12H13ClN8O. The van der Waals surface area contributed by atoms with Gasteiger partial charge in [0.1, 0.15) is 0 Å². The van der Waals surface area contributed by atoms with E-state index in [2.05, 4.69) is 25.3 Å². The highest BCUT2D eigenvalue weighted by Gasteiger charge is 2.15. The van der Waals surface area contributed by atoms with Crippen molar-refractivity contribution in [2.45, 2.75) is 13.5 Å². The fourth-order valence-corrected chi connectivity index (χ4v) is 2.37. The Morgan fingerprint density at radius 1 is 1.32 bits per heavy atom. The predicted molar refractivity (Wildman–Crippen MR) is 81.6 cm³/mol. The minimum absolute atomic E-state index is 0.0609. The topological polar surface area (TPSA) is 131 Å². The van der Waals surface area contributed by atoms with Crippen LogP contribution in [0.2, 0.25) is 5.15 Å². The summed E-state index contributed by atoms with van der Waals surface area (Å²) >= 11 is 5.98. The Kier molecular flexibility index (Phi) is 3.41. The fourth-order valence-electron chi connectivity index (χ4n) is 2.17. The molecule has 0 fully saturated rings. The lowest BCUT2D eigenvalue weighted by Gasteiger charge is -2.11. The van der Waals surface area contributed by atoms with Gasteiger partial charge in [0, 0.05) is 11.8 Å². The van der Waals surface area contributed by atoms with E-state index in [1.807, 2.05) is 6.92 Å². The van der Waals surface area contributed by atoms with Gasteiger partial charge in [-0.25, -0.2) is 9.67 Å². The normalized spacial score (nSPS) is 11.0. The van der Waals surface area contributed by atoms with Crippen molar-refractivity contribution in [1.82, 2.24) is 29.9 Å². The van der Waals surface area contributed by atoms with Crippen molar-refractivity contribution in [3.05, 3.63) is 22.5 Å². The highest BCUT2D eigenvalue weighted by molar-refractivity contribution is 6.33. The van der Waals surface area contributed by atoms with Crippen LogP contribution in [-0.4, -0.2) is 37.1 Å². The third-order valence-electron chi connectivity index (χ3n) is 3.28. The van der Waals surface area contributed by atoms with Crippen LogP contribution in [0.4, 0.5) is 11.8 Å². The summed E-state index contributed by atoms with van der Waals surface area (Å²) in [7, 11) is 1.54. The number of nitrogens with two attached hydrogens (primary N) is 2. The van der Waals surface area contributed by atoms with Crippen LogP contribution in [0.1, 0.15) is 11.1 Å². The van der Waals surface area contributed by atoms with Crippen molar-refractivity contribution in [3.8, 4) is 5.75 Å². The van der Waals surface area contributed by atoms with E-state index in [0.717, 1.165) is 11.1 Å². The zero-order chi connectivity index (χ0) is 15.9. The first-order chi connectivity index (χ1) is 10.5. The number of hydrogen-bond donors (Lipinski definition) is 2. The Morgan fingerprint density at radius 3 is 2.82 bits per heavy atom. The van der Waals surface area contributed by atoms with Crippen LogP contribution in [0.15, 0.2) is 6.20 Å². The Balaban J connectivity index is 2.08. The van der Waals surface area contributed by atoms with Crippen molar-refractivity contribution < 1.29 is 4.74 Å². The second-order valence-electron chi connectivity index (χ2n) is 4.62. The van der Waals surface area contributed by atoms with Gasteiger partial charge in [-0.15, -0.1) is 5.10 Å². The Bertz CT molecular complexity index is 862. The number of aromatic nitrogens is 6. The summed E-state index contributed by atoms with van der Waals surface area (Å²) in [5.74, 6) is 0.932. The number of nitrogen functional groups attached to an aromatic ring is 2. The average Bonchev–Trinajstić information content (AvgIpc) is 2.86. The number of halogens is 1. The molecule has 3 aromatic heterocycles. The van der Waals surface area contributed by atoms with Gasteiger partial charge in [-0.2, -0.15) is 9.97 Å². The molecule has 0 unspecified atom stereocenters. The van der Waals surface area contributed by atoms with E-state index in [4.69, 9.17) is 27.8 Å². The number of nitrogens with zero attached hydrogens (tertiary/aromatic N) is 6. The Labute approximate surface area is 130 Å². The number of methoxy groups -OCH3 is 1. The molecular weight excluding hydrogens is 308 g/mol. The second kappa shape index (κ2) is 5.26. The summed E-state index contributed by atoms with van der Waals surface area (Å²) in [4.78, 5) is 12.1. The molecule has 22 heavy (non-hydrogen) atoms. The maximum atomic E-state index is 5.98. The molecule has 0 aliphatic rings. The first-order valence-corrected chi connectivity index (χ1v) is 6.69. The number of ether oxygens (including phenoxy) is 1. The largest absolute Gasteiger partial charge is 0.493 e. The molecule has 0 radical (unpaired) electrons. The molecule has 114 valence electrons. The summed E-state index contributed by atoms with van der Waals surface area (Å²) in [6.45, 7) is 2.26. The van der Waals surface area contributed by atoms with E-state index >= 15 is 0 Å². The molecule has 0 amide bonds. The van der Waals surface area contributed by atoms with Gasteiger partial charge in [0.05, 0.1) is 13.7 Å². The minimum Gasteiger partial charge on any atom is -0.493 e. The maximum absolute atomic E-state index is 5.98.